The summed E-state index contributed by atoms with van der Waals surface area (Å²) in [6.45, 7) is 0.817. The predicted octanol–water partition coefficient (Wildman–Crippen LogP) is 2.42. The van der Waals surface area contributed by atoms with Crippen molar-refractivity contribution in [3.8, 4) is 0 Å². The van der Waals surface area contributed by atoms with Crippen LogP contribution in [0.2, 0.25) is 5.02 Å². The third-order valence-corrected chi connectivity index (χ3v) is 3.52. The first kappa shape index (κ1) is 13.7. The minimum atomic E-state index is -0.282. The molecule has 1 aromatic carbocycles. The normalized spacial score (nSPS) is 21.2. The number of hydrazine groups is 1. The lowest BCUT2D eigenvalue weighted by Crippen LogP contribution is -2.39. The zero-order valence-electron chi connectivity index (χ0n) is 10.2. The van der Waals surface area contributed by atoms with Crippen molar-refractivity contribution in [2.24, 2.45) is 5.84 Å². The molecule has 3 N–H and O–H groups in total. The summed E-state index contributed by atoms with van der Waals surface area (Å²) in [6.07, 6.45) is 3.73. The smallest absolute Gasteiger partial charge is 0.127 e. The minimum absolute atomic E-state index is 0.0174. The van der Waals surface area contributed by atoms with Gasteiger partial charge in [0.15, 0.2) is 0 Å². The highest BCUT2D eigenvalue weighted by molar-refractivity contribution is 6.30. The monoisotopic (exact) mass is 272 g/mol. The highest BCUT2D eigenvalue weighted by Gasteiger charge is 2.21. The van der Waals surface area contributed by atoms with E-state index in [1.807, 2.05) is 0 Å². The van der Waals surface area contributed by atoms with Gasteiger partial charge in [-0.25, -0.2) is 4.39 Å². The van der Waals surface area contributed by atoms with Crippen LogP contribution in [0.25, 0.3) is 0 Å². The van der Waals surface area contributed by atoms with Crippen molar-refractivity contribution in [2.45, 2.75) is 37.8 Å². The SMILES string of the molecule is NNC(Cc1ccc(Cl)cc1F)CC1CCCO1. The number of hydrogen-bond donors (Lipinski definition) is 2. The van der Waals surface area contributed by atoms with E-state index in [9.17, 15) is 4.39 Å². The van der Waals surface area contributed by atoms with Gasteiger partial charge in [0.05, 0.1) is 6.10 Å². The Hall–Kier alpha value is -0.680. The lowest BCUT2D eigenvalue weighted by molar-refractivity contribution is 0.0945. The number of ether oxygens (including phenoxy) is 1. The molecule has 0 amide bonds. The summed E-state index contributed by atoms with van der Waals surface area (Å²) in [7, 11) is 0. The quantitative estimate of drug-likeness (QED) is 0.639. The van der Waals surface area contributed by atoms with Gasteiger partial charge in [0.25, 0.3) is 0 Å². The molecule has 0 saturated carbocycles. The second-order valence-corrected chi connectivity index (χ2v) is 5.11. The molecule has 1 heterocycles. The van der Waals surface area contributed by atoms with E-state index in [0.717, 1.165) is 25.9 Å². The highest BCUT2D eigenvalue weighted by Crippen LogP contribution is 2.20. The molecule has 1 fully saturated rings. The van der Waals surface area contributed by atoms with Crippen LogP contribution in [0, 0.1) is 5.82 Å². The second kappa shape index (κ2) is 6.48. The number of nitrogens with one attached hydrogen (secondary N) is 1. The Morgan fingerprint density at radius 2 is 2.39 bits per heavy atom. The van der Waals surface area contributed by atoms with Crippen LogP contribution in [0.5, 0.6) is 0 Å². The van der Waals surface area contributed by atoms with Gasteiger partial charge in [-0.2, -0.15) is 0 Å². The fraction of sp³-hybridized carbons (Fsp3) is 0.538. The molecule has 1 aliphatic heterocycles. The maximum atomic E-state index is 13.7. The van der Waals surface area contributed by atoms with Crippen LogP contribution in [-0.2, 0) is 11.2 Å². The molecule has 2 unspecified atom stereocenters. The summed E-state index contributed by atoms with van der Waals surface area (Å²) in [5, 5.41) is 0.410. The third kappa shape index (κ3) is 3.65. The standard InChI is InChI=1S/C13H18ClFN2O/c14-10-4-3-9(13(15)7-10)6-11(17-16)8-12-2-1-5-18-12/h3-4,7,11-12,17H,1-2,5-6,8,16H2. The van der Waals surface area contributed by atoms with Crippen molar-refractivity contribution in [1.82, 2.24) is 5.43 Å². The van der Waals surface area contributed by atoms with Crippen molar-refractivity contribution in [3.05, 3.63) is 34.6 Å². The van der Waals surface area contributed by atoms with E-state index in [-0.39, 0.29) is 18.0 Å². The molecule has 0 aromatic heterocycles. The zero-order valence-corrected chi connectivity index (χ0v) is 10.9. The Balaban J connectivity index is 1.96. The fourth-order valence-electron chi connectivity index (χ4n) is 2.31. The summed E-state index contributed by atoms with van der Waals surface area (Å²) in [6, 6.07) is 4.75. The van der Waals surface area contributed by atoms with Gasteiger partial charge < -0.3 is 4.74 Å². The molecular formula is C13H18ClFN2O. The van der Waals surface area contributed by atoms with E-state index in [1.54, 1.807) is 12.1 Å². The molecule has 0 spiro atoms. The molecule has 18 heavy (non-hydrogen) atoms. The molecule has 0 bridgehead atoms. The van der Waals surface area contributed by atoms with Gasteiger partial charge in [0.1, 0.15) is 5.82 Å². The topological polar surface area (TPSA) is 47.3 Å². The van der Waals surface area contributed by atoms with Crippen LogP contribution in [0.1, 0.15) is 24.8 Å². The summed E-state index contributed by atoms with van der Waals surface area (Å²) in [5.74, 6) is 5.24. The molecule has 2 rings (SSSR count). The van der Waals surface area contributed by atoms with Gasteiger partial charge in [0, 0.05) is 17.7 Å². The molecule has 1 aromatic rings. The summed E-state index contributed by atoms with van der Waals surface area (Å²) in [5.41, 5.74) is 3.36. The van der Waals surface area contributed by atoms with Crippen molar-refractivity contribution in [3.63, 3.8) is 0 Å². The maximum absolute atomic E-state index is 13.7. The maximum Gasteiger partial charge on any atom is 0.127 e. The van der Waals surface area contributed by atoms with Gasteiger partial charge in [0.2, 0.25) is 0 Å². The van der Waals surface area contributed by atoms with Crippen molar-refractivity contribution in [1.29, 1.82) is 0 Å². The van der Waals surface area contributed by atoms with Gasteiger partial charge >= 0.3 is 0 Å². The molecule has 5 heteroatoms. The van der Waals surface area contributed by atoms with E-state index in [1.165, 1.54) is 6.07 Å². The Bertz CT molecular complexity index is 397. The van der Waals surface area contributed by atoms with Crippen LogP contribution in [0.4, 0.5) is 4.39 Å². The van der Waals surface area contributed by atoms with Crippen LogP contribution >= 0.6 is 11.6 Å². The molecule has 0 aliphatic carbocycles. The first-order valence-electron chi connectivity index (χ1n) is 6.20. The summed E-state index contributed by atoms with van der Waals surface area (Å²) in [4.78, 5) is 0. The van der Waals surface area contributed by atoms with Gasteiger partial charge in [-0.15, -0.1) is 0 Å². The van der Waals surface area contributed by atoms with E-state index < -0.39 is 0 Å². The zero-order chi connectivity index (χ0) is 13.0. The molecule has 1 saturated heterocycles. The van der Waals surface area contributed by atoms with Crippen molar-refractivity contribution in [2.75, 3.05) is 6.61 Å². The lowest BCUT2D eigenvalue weighted by atomic mass is 9.99. The summed E-state index contributed by atoms with van der Waals surface area (Å²) >= 11 is 5.72. The molecule has 100 valence electrons. The number of benzene rings is 1. The molecule has 3 nitrogen and oxygen atoms in total. The Morgan fingerprint density at radius 3 is 3.00 bits per heavy atom. The first-order chi connectivity index (χ1) is 8.69. The average Bonchev–Trinajstić information content (AvgIpc) is 2.84. The van der Waals surface area contributed by atoms with E-state index in [0.29, 0.717) is 17.0 Å². The van der Waals surface area contributed by atoms with Gasteiger partial charge in [-0.1, -0.05) is 17.7 Å². The molecule has 2 atom stereocenters. The first-order valence-corrected chi connectivity index (χ1v) is 6.58. The second-order valence-electron chi connectivity index (χ2n) is 4.67. The molecule has 1 aliphatic rings. The summed E-state index contributed by atoms with van der Waals surface area (Å²) < 4.78 is 19.2. The Kier molecular flexibility index (Phi) is 4.95. The highest BCUT2D eigenvalue weighted by atomic mass is 35.5. The fourth-order valence-corrected chi connectivity index (χ4v) is 2.47. The lowest BCUT2D eigenvalue weighted by Gasteiger charge is -2.19. The number of rotatable bonds is 5. The van der Waals surface area contributed by atoms with E-state index >= 15 is 0 Å². The predicted molar refractivity (Wildman–Crippen MR) is 69.8 cm³/mol. The van der Waals surface area contributed by atoms with E-state index in [4.69, 9.17) is 22.2 Å². The Morgan fingerprint density at radius 1 is 1.56 bits per heavy atom. The van der Waals surface area contributed by atoms with Crippen molar-refractivity contribution < 1.29 is 9.13 Å². The molecular weight excluding hydrogens is 255 g/mol. The number of halogens is 2. The third-order valence-electron chi connectivity index (χ3n) is 3.29. The average molecular weight is 273 g/mol. The van der Waals surface area contributed by atoms with Crippen LogP contribution in [0.15, 0.2) is 18.2 Å². The minimum Gasteiger partial charge on any atom is -0.378 e. The Labute approximate surface area is 111 Å². The van der Waals surface area contributed by atoms with Crippen molar-refractivity contribution >= 4 is 11.6 Å². The van der Waals surface area contributed by atoms with Gasteiger partial charge in [-0.3, -0.25) is 11.3 Å². The van der Waals surface area contributed by atoms with Crippen LogP contribution < -0.4 is 11.3 Å². The van der Waals surface area contributed by atoms with Crippen LogP contribution in [0.3, 0.4) is 0 Å². The van der Waals surface area contributed by atoms with Gasteiger partial charge in [-0.05, 0) is 43.4 Å². The largest absolute Gasteiger partial charge is 0.378 e. The van der Waals surface area contributed by atoms with Crippen LogP contribution in [-0.4, -0.2) is 18.8 Å². The number of hydrogen-bond acceptors (Lipinski definition) is 3. The van der Waals surface area contributed by atoms with E-state index in [2.05, 4.69) is 5.43 Å². The molecule has 0 radical (unpaired) electrons. The number of nitrogens with two attached hydrogens (primary N) is 1.